The van der Waals surface area contributed by atoms with Gasteiger partial charge in [0, 0.05) is 57.2 Å². The number of anilines is 2. The molecule has 2 heterocycles. The number of hydrogen-bond acceptors (Lipinski definition) is 6. The Morgan fingerprint density at radius 3 is 2.52 bits per heavy atom. The molecule has 2 fully saturated rings. The summed E-state index contributed by atoms with van der Waals surface area (Å²) in [6.45, 7) is 6.21. The number of benzene rings is 1. The van der Waals surface area contributed by atoms with Crippen molar-refractivity contribution in [2.24, 2.45) is 5.92 Å². The van der Waals surface area contributed by atoms with E-state index in [9.17, 15) is 10.1 Å². The molecular weight excluding hydrogens is 342 g/mol. The molecule has 0 bridgehead atoms. The predicted octanol–water partition coefficient (Wildman–Crippen LogP) is 3.13. The maximum atomic E-state index is 11.1. The molecule has 0 radical (unpaired) electrons. The van der Waals surface area contributed by atoms with Crippen LogP contribution < -0.4 is 10.2 Å². The van der Waals surface area contributed by atoms with E-state index in [4.69, 9.17) is 0 Å². The molecule has 1 aromatic carbocycles. The third kappa shape index (κ3) is 4.54. The molecule has 27 heavy (non-hydrogen) atoms. The van der Waals surface area contributed by atoms with Gasteiger partial charge in [0.15, 0.2) is 0 Å². The first-order valence-electron chi connectivity index (χ1n) is 9.58. The molecule has 0 atom stereocenters. The van der Waals surface area contributed by atoms with E-state index in [0.717, 1.165) is 37.7 Å². The van der Waals surface area contributed by atoms with Crippen molar-refractivity contribution in [2.75, 3.05) is 42.9 Å². The summed E-state index contributed by atoms with van der Waals surface area (Å²) in [5.41, 5.74) is 2.32. The molecular formula is C20H25N5O2. The molecule has 1 saturated heterocycles. The van der Waals surface area contributed by atoms with Gasteiger partial charge in [-0.2, -0.15) is 0 Å². The molecule has 7 heteroatoms. The molecule has 1 N–H and O–H groups in total. The van der Waals surface area contributed by atoms with Gasteiger partial charge in [-0.15, -0.1) is 0 Å². The first-order chi connectivity index (χ1) is 13.2. The first-order valence-corrected chi connectivity index (χ1v) is 9.58. The Labute approximate surface area is 159 Å². The lowest BCUT2D eigenvalue weighted by molar-refractivity contribution is -0.384. The zero-order chi connectivity index (χ0) is 18.6. The van der Waals surface area contributed by atoms with Crippen LogP contribution in [-0.4, -0.2) is 47.5 Å². The number of aromatic nitrogens is 1. The number of pyridine rings is 1. The zero-order valence-corrected chi connectivity index (χ0v) is 15.4. The summed E-state index contributed by atoms with van der Waals surface area (Å²) < 4.78 is 0. The van der Waals surface area contributed by atoms with Crippen molar-refractivity contribution < 1.29 is 4.92 Å². The van der Waals surface area contributed by atoms with E-state index in [1.165, 1.54) is 31.1 Å². The number of piperazine rings is 1. The molecule has 1 aliphatic carbocycles. The van der Waals surface area contributed by atoms with Crippen LogP contribution in [0.3, 0.4) is 0 Å². The summed E-state index contributed by atoms with van der Waals surface area (Å²) in [6.07, 6.45) is 4.38. The minimum atomic E-state index is -0.415. The third-order valence-corrected chi connectivity index (χ3v) is 5.33. The van der Waals surface area contributed by atoms with Crippen molar-refractivity contribution in [3.05, 3.63) is 58.3 Å². The topological polar surface area (TPSA) is 74.5 Å². The van der Waals surface area contributed by atoms with Crippen LogP contribution in [0.5, 0.6) is 0 Å². The minimum Gasteiger partial charge on any atom is -0.369 e. The van der Waals surface area contributed by atoms with Crippen molar-refractivity contribution >= 4 is 17.2 Å². The van der Waals surface area contributed by atoms with Crippen LogP contribution in [0.2, 0.25) is 0 Å². The lowest BCUT2D eigenvalue weighted by Crippen LogP contribution is -2.47. The van der Waals surface area contributed by atoms with Gasteiger partial charge in [0.25, 0.3) is 0 Å². The fourth-order valence-electron chi connectivity index (χ4n) is 3.54. The van der Waals surface area contributed by atoms with Gasteiger partial charge >= 0.3 is 5.69 Å². The number of nitro groups is 1. The van der Waals surface area contributed by atoms with Gasteiger partial charge in [-0.1, -0.05) is 12.1 Å². The summed E-state index contributed by atoms with van der Waals surface area (Å²) in [4.78, 5) is 19.7. The Balaban J connectivity index is 1.31. The van der Waals surface area contributed by atoms with Crippen LogP contribution in [0.1, 0.15) is 18.4 Å². The Bertz CT molecular complexity index is 783. The molecule has 2 aliphatic rings. The minimum absolute atomic E-state index is 0.00168. The van der Waals surface area contributed by atoms with Gasteiger partial charge in [0.1, 0.15) is 0 Å². The zero-order valence-electron chi connectivity index (χ0n) is 15.4. The van der Waals surface area contributed by atoms with Gasteiger partial charge in [0.05, 0.1) is 4.92 Å². The van der Waals surface area contributed by atoms with Crippen LogP contribution in [0, 0.1) is 16.0 Å². The van der Waals surface area contributed by atoms with Crippen LogP contribution in [0.4, 0.5) is 17.2 Å². The van der Waals surface area contributed by atoms with Crippen molar-refractivity contribution in [1.29, 1.82) is 0 Å². The van der Waals surface area contributed by atoms with Gasteiger partial charge < -0.3 is 10.2 Å². The highest BCUT2D eigenvalue weighted by Gasteiger charge is 2.26. The molecule has 4 rings (SSSR count). The average molecular weight is 367 g/mol. The van der Waals surface area contributed by atoms with E-state index in [1.54, 1.807) is 12.3 Å². The highest BCUT2D eigenvalue weighted by Crippen LogP contribution is 2.30. The number of nitrogens with zero attached hydrogens (tertiary/aromatic N) is 4. The Morgan fingerprint density at radius 1 is 1.11 bits per heavy atom. The normalized spacial score (nSPS) is 17.7. The molecule has 1 saturated carbocycles. The Morgan fingerprint density at radius 2 is 1.85 bits per heavy atom. The van der Waals surface area contributed by atoms with Crippen LogP contribution in [0.25, 0.3) is 0 Å². The molecule has 0 spiro atoms. The van der Waals surface area contributed by atoms with Crippen molar-refractivity contribution in [3.63, 3.8) is 0 Å². The van der Waals surface area contributed by atoms with Gasteiger partial charge in [-0.3, -0.25) is 15.0 Å². The molecule has 1 aromatic heterocycles. The van der Waals surface area contributed by atoms with E-state index in [1.807, 2.05) is 0 Å². The quantitative estimate of drug-likeness (QED) is 0.599. The van der Waals surface area contributed by atoms with E-state index in [2.05, 4.69) is 44.4 Å². The lowest BCUT2D eigenvalue weighted by atomic mass is 10.1. The number of hydrogen-bond donors (Lipinski definition) is 1. The SMILES string of the molecule is O=[N+]([O-])c1cccnc1NCc1ccc(N2CCN(CC3CC3)CC2)cc1. The maximum Gasteiger partial charge on any atom is 0.311 e. The molecule has 0 amide bonds. The Hall–Kier alpha value is -2.67. The molecule has 142 valence electrons. The third-order valence-electron chi connectivity index (χ3n) is 5.33. The van der Waals surface area contributed by atoms with Crippen LogP contribution in [0.15, 0.2) is 42.6 Å². The monoisotopic (exact) mass is 367 g/mol. The van der Waals surface area contributed by atoms with E-state index < -0.39 is 4.92 Å². The van der Waals surface area contributed by atoms with E-state index in [-0.39, 0.29) is 5.69 Å². The lowest BCUT2D eigenvalue weighted by Gasteiger charge is -2.36. The van der Waals surface area contributed by atoms with Crippen molar-refractivity contribution in [3.8, 4) is 0 Å². The van der Waals surface area contributed by atoms with Gasteiger partial charge in [-0.25, -0.2) is 4.98 Å². The largest absolute Gasteiger partial charge is 0.369 e. The second-order valence-electron chi connectivity index (χ2n) is 7.38. The summed E-state index contributed by atoms with van der Waals surface area (Å²) in [5.74, 6) is 1.26. The second kappa shape index (κ2) is 7.92. The summed E-state index contributed by atoms with van der Waals surface area (Å²) >= 11 is 0. The first kappa shape index (κ1) is 17.7. The number of rotatable bonds is 7. The standard InChI is InChI=1S/C20H25N5O2/c26-25(27)19-2-1-9-21-20(19)22-14-16-5-7-18(8-6-16)24-12-10-23(11-13-24)15-17-3-4-17/h1-2,5-9,17H,3-4,10-15H2,(H,21,22). The fourth-order valence-corrected chi connectivity index (χ4v) is 3.54. The summed E-state index contributed by atoms with van der Waals surface area (Å²) in [7, 11) is 0. The van der Waals surface area contributed by atoms with Crippen molar-refractivity contribution in [1.82, 2.24) is 9.88 Å². The Kier molecular flexibility index (Phi) is 5.20. The molecule has 2 aromatic rings. The number of nitrogens with one attached hydrogen (secondary N) is 1. The molecule has 1 aliphatic heterocycles. The maximum absolute atomic E-state index is 11.1. The molecule has 0 unspecified atom stereocenters. The highest BCUT2D eigenvalue weighted by molar-refractivity contribution is 5.55. The second-order valence-corrected chi connectivity index (χ2v) is 7.38. The van der Waals surface area contributed by atoms with Crippen molar-refractivity contribution in [2.45, 2.75) is 19.4 Å². The highest BCUT2D eigenvalue weighted by atomic mass is 16.6. The van der Waals surface area contributed by atoms with Crippen LogP contribution in [-0.2, 0) is 6.54 Å². The predicted molar refractivity (Wildman–Crippen MR) is 106 cm³/mol. The van der Waals surface area contributed by atoms with Gasteiger partial charge in [-0.05, 0) is 42.5 Å². The molecule has 7 nitrogen and oxygen atoms in total. The smallest absolute Gasteiger partial charge is 0.311 e. The van der Waals surface area contributed by atoms with Gasteiger partial charge in [0.2, 0.25) is 5.82 Å². The van der Waals surface area contributed by atoms with E-state index in [0.29, 0.717) is 12.4 Å². The average Bonchev–Trinajstić information content (AvgIpc) is 3.52. The fraction of sp³-hybridized carbons (Fsp3) is 0.450. The summed E-state index contributed by atoms with van der Waals surface area (Å²) in [5, 5.41) is 14.1. The van der Waals surface area contributed by atoms with E-state index >= 15 is 0 Å². The summed E-state index contributed by atoms with van der Waals surface area (Å²) in [6, 6.07) is 11.5. The van der Waals surface area contributed by atoms with Crippen LogP contribution >= 0.6 is 0 Å².